The van der Waals surface area contributed by atoms with E-state index >= 15 is 0 Å². The number of hydrogen-bond acceptors (Lipinski definition) is 1. The van der Waals surface area contributed by atoms with Crippen LogP contribution in [0.4, 0.5) is 0 Å². The van der Waals surface area contributed by atoms with E-state index in [9.17, 15) is 0 Å². The van der Waals surface area contributed by atoms with E-state index in [1.54, 1.807) is 0 Å². The molecule has 94 valence electrons. The molecule has 0 N–H and O–H groups in total. The van der Waals surface area contributed by atoms with Crippen molar-refractivity contribution in [2.75, 3.05) is 12.5 Å². The zero-order chi connectivity index (χ0) is 12.3. The van der Waals surface area contributed by atoms with Gasteiger partial charge in [-0.3, -0.25) is 0 Å². The summed E-state index contributed by atoms with van der Waals surface area (Å²) in [6.45, 7) is 3.03. The topological polar surface area (TPSA) is 9.23 Å². The quantitative estimate of drug-likeness (QED) is 0.680. The highest BCUT2D eigenvalue weighted by Crippen LogP contribution is 2.48. The molecule has 1 fully saturated rings. The van der Waals surface area contributed by atoms with Crippen LogP contribution in [0.2, 0.25) is 0 Å². The van der Waals surface area contributed by atoms with Crippen LogP contribution in [0.25, 0.3) is 0 Å². The summed E-state index contributed by atoms with van der Waals surface area (Å²) in [6.07, 6.45) is 3.71. The molecule has 17 heavy (non-hydrogen) atoms. The summed E-state index contributed by atoms with van der Waals surface area (Å²) in [5.41, 5.74) is 0.261. The Bertz CT molecular complexity index is 361. The van der Waals surface area contributed by atoms with Crippen LogP contribution in [0.15, 0.2) is 28.7 Å². The molecule has 0 aromatic heterocycles. The first-order valence-corrected chi connectivity index (χ1v) is 7.41. The van der Waals surface area contributed by atoms with Crippen molar-refractivity contribution in [3.8, 4) is 5.75 Å². The largest absolute Gasteiger partial charge is 0.494 e. The number of ether oxygens (including phenoxy) is 1. The van der Waals surface area contributed by atoms with Crippen LogP contribution in [-0.4, -0.2) is 12.5 Å². The van der Waals surface area contributed by atoms with E-state index in [1.165, 1.54) is 12.8 Å². The second-order valence-electron chi connectivity index (χ2n) is 5.11. The smallest absolute Gasteiger partial charge is 0.119 e. The van der Waals surface area contributed by atoms with Crippen molar-refractivity contribution in [2.45, 2.75) is 26.2 Å². The lowest BCUT2D eigenvalue weighted by Gasteiger charge is -2.26. The second kappa shape index (κ2) is 5.62. The van der Waals surface area contributed by atoms with Crippen molar-refractivity contribution in [1.82, 2.24) is 0 Å². The van der Waals surface area contributed by atoms with Crippen molar-refractivity contribution in [1.29, 1.82) is 0 Å². The van der Waals surface area contributed by atoms with Crippen molar-refractivity contribution >= 4 is 27.5 Å². The fourth-order valence-corrected chi connectivity index (χ4v) is 2.71. The summed E-state index contributed by atoms with van der Waals surface area (Å²) in [4.78, 5) is 0. The Kier molecular flexibility index (Phi) is 4.37. The van der Waals surface area contributed by atoms with E-state index in [0.717, 1.165) is 35.0 Å². The van der Waals surface area contributed by atoms with Gasteiger partial charge in [-0.05, 0) is 54.9 Å². The molecule has 1 aromatic carbocycles. The van der Waals surface area contributed by atoms with Crippen molar-refractivity contribution < 1.29 is 4.74 Å². The summed E-state index contributed by atoms with van der Waals surface area (Å²) in [7, 11) is 0. The monoisotopic (exact) mass is 316 g/mol. The molecule has 0 bridgehead atoms. The molecular weight excluding hydrogens is 300 g/mol. The predicted molar refractivity (Wildman–Crippen MR) is 75.8 cm³/mol. The molecule has 1 saturated carbocycles. The molecule has 0 radical (unpaired) electrons. The molecule has 1 aliphatic carbocycles. The molecule has 0 heterocycles. The predicted octanol–water partition coefficient (Wildman–Crippen LogP) is 4.87. The maximum atomic E-state index is 6.08. The summed E-state index contributed by atoms with van der Waals surface area (Å²) in [5, 5.41) is 0. The first-order valence-electron chi connectivity index (χ1n) is 6.08. The van der Waals surface area contributed by atoms with Gasteiger partial charge in [0.1, 0.15) is 5.75 Å². The van der Waals surface area contributed by atoms with Crippen LogP contribution in [0.3, 0.4) is 0 Å². The maximum absolute atomic E-state index is 6.08. The van der Waals surface area contributed by atoms with Gasteiger partial charge in [0.05, 0.1) is 6.61 Å². The molecule has 3 heteroatoms. The van der Waals surface area contributed by atoms with Crippen LogP contribution in [0.5, 0.6) is 5.75 Å². The number of alkyl halides is 1. The van der Waals surface area contributed by atoms with Crippen LogP contribution in [0.1, 0.15) is 26.2 Å². The first-order chi connectivity index (χ1) is 8.14. The Balaban J connectivity index is 1.80. The zero-order valence-corrected chi connectivity index (χ0v) is 12.4. The molecule has 0 saturated heterocycles. The van der Waals surface area contributed by atoms with Crippen LogP contribution >= 0.6 is 27.5 Å². The van der Waals surface area contributed by atoms with Gasteiger partial charge in [-0.15, -0.1) is 11.6 Å². The van der Waals surface area contributed by atoms with Crippen molar-refractivity contribution in [3.63, 3.8) is 0 Å². The van der Waals surface area contributed by atoms with Gasteiger partial charge in [0.15, 0.2) is 0 Å². The second-order valence-corrected chi connectivity index (χ2v) is 6.30. The molecule has 1 aliphatic rings. The van der Waals surface area contributed by atoms with E-state index in [4.69, 9.17) is 16.3 Å². The Morgan fingerprint density at radius 3 is 2.53 bits per heavy atom. The molecule has 1 atom stereocenters. The van der Waals surface area contributed by atoms with E-state index in [-0.39, 0.29) is 5.41 Å². The number of hydrogen-bond donors (Lipinski definition) is 0. The maximum Gasteiger partial charge on any atom is 0.119 e. The minimum atomic E-state index is 0.261. The fraction of sp³-hybridized carbons (Fsp3) is 0.571. The third-order valence-corrected chi connectivity index (χ3v) is 4.76. The molecule has 1 unspecified atom stereocenters. The lowest BCUT2D eigenvalue weighted by Crippen LogP contribution is -2.24. The van der Waals surface area contributed by atoms with Gasteiger partial charge in [0.2, 0.25) is 0 Å². The Morgan fingerprint density at radius 1 is 1.35 bits per heavy atom. The summed E-state index contributed by atoms with van der Waals surface area (Å²) in [5.74, 6) is 2.48. The Morgan fingerprint density at radius 2 is 2.00 bits per heavy atom. The molecule has 2 rings (SSSR count). The lowest BCUT2D eigenvalue weighted by molar-refractivity contribution is 0.208. The average molecular weight is 318 g/mol. The summed E-state index contributed by atoms with van der Waals surface area (Å²) >= 11 is 9.50. The average Bonchev–Trinajstić information content (AvgIpc) is 3.16. The van der Waals surface area contributed by atoms with Gasteiger partial charge < -0.3 is 4.74 Å². The third-order valence-electron chi connectivity index (χ3n) is 3.62. The molecule has 0 amide bonds. The molecule has 1 nitrogen and oxygen atoms in total. The first kappa shape index (κ1) is 13.2. The lowest BCUT2D eigenvalue weighted by atomic mass is 9.84. The van der Waals surface area contributed by atoms with Gasteiger partial charge >= 0.3 is 0 Å². The normalized spacial score (nSPS) is 18.8. The van der Waals surface area contributed by atoms with Crippen LogP contribution < -0.4 is 4.74 Å². The van der Waals surface area contributed by atoms with E-state index in [0.29, 0.717) is 0 Å². The summed E-state index contributed by atoms with van der Waals surface area (Å²) in [6, 6.07) is 7.96. The minimum Gasteiger partial charge on any atom is -0.494 e. The van der Waals surface area contributed by atoms with Gasteiger partial charge in [-0.25, -0.2) is 0 Å². The zero-order valence-electron chi connectivity index (χ0n) is 10.1. The highest BCUT2D eigenvalue weighted by Gasteiger charge is 2.40. The van der Waals surface area contributed by atoms with Gasteiger partial charge in [-0.1, -0.05) is 22.9 Å². The number of benzene rings is 1. The van der Waals surface area contributed by atoms with Gasteiger partial charge in [0.25, 0.3) is 0 Å². The highest BCUT2D eigenvalue weighted by atomic mass is 79.9. The van der Waals surface area contributed by atoms with Crippen LogP contribution in [0, 0.1) is 11.3 Å². The molecule has 1 aromatic rings. The van der Waals surface area contributed by atoms with E-state index in [1.807, 2.05) is 24.3 Å². The molecule has 0 aliphatic heterocycles. The Hall–Kier alpha value is -0.210. The van der Waals surface area contributed by atoms with E-state index < -0.39 is 0 Å². The minimum absolute atomic E-state index is 0.261. The number of halogens is 2. The third kappa shape index (κ3) is 3.62. The SMILES string of the molecule is CC(CCl)(CCOc1ccc(Br)cc1)C1CC1. The fourth-order valence-electron chi connectivity index (χ4n) is 2.09. The highest BCUT2D eigenvalue weighted by molar-refractivity contribution is 9.10. The standard InChI is InChI=1S/C14H18BrClO/c1-14(10-16,11-2-3-11)8-9-17-13-6-4-12(15)5-7-13/h4-7,11H,2-3,8-10H2,1H3. The van der Waals surface area contributed by atoms with E-state index in [2.05, 4.69) is 22.9 Å². The van der Waals surface area contributed by atoms with Crippen molar-refractivity contribution in [2.24, 2.45) is 11.3 Å². The molecule has 0 spiro atoms. The van der Waals surface area contributed by atoms with Gasteiger partial charge in [0, 0.05) is 10.4 Å². The van der Waals surface area contributed by atoms with Crippen molar-refractivity contribution in [3.05, 3.63) is 28.7 Å². The number of rotatable bonds is 6. The van der Waals surface area contributed by atoms with Gasteiger partial charge in [-0.2, -0.15) is 0 Å². The molecular formula is C14H18BrClO. The Labute approximate surface area is 117 Å². The summed E-state index contributed by atoms with van der Waals surface area (Å²) < 4.78 is 6.83. The van der Waals surface area contributed by atoms with Crippen LogP contribution in [-0.2, 0) is 0 Å².